The minimum Gasteiger partial charge on any atom is -0.472 e. The zero-order valence-corrected chi connectivity index (χ0v) is 10.4. The molecule has 0 saturated heterocycles. The Labute approximate surface area is 105 Å². The van der Waals surface area contributed by atoms with Crippen LogP contribution in [0.1, 0.15) is 38.4 Å². The van der Waals surface area contributed by atoms with E-state index in [-0.39, 0.29) is 0 Å². The summed E-state index contributed by atoms with van der Waals surface area (Å²) in [5.41, 5.74) is 6.78. The largest absolute Gasteiger partial charge is 0.472 e. The minimum absolute atomic E-state index is 0.441. The van der Waals surface area contributed by atoms with Crippen LogP contribution in [0.4, 0.5) is 0 Å². The van der Waals surface area contributed by atoms with E-state index in [1.807, 2.05) is 0 Å². The Kier molecular flexibility index (Phi) is 2.70. The Morgan fingerprint density at radius 3 is 3.11 bits per heavy atom. The van der Waals surface area contributed by atoms with Gasteiger partial charge in [0.25, 0.3) is 5.89 Å². The molecule has 0 aromatic carbocycles. The van der Waals surface area contributed by atoms with Gasteiger partial charge in [0.15, 0.2) is 5.82 Å². The van der Waals surface area contributed by atoms with Crippen LogP contribution in [0.2, 0.25) is 0 Å². The van der Waals surface area contributed by atoms with E-state index in [9.17, 15) is 0 Å². The van der Waals surface area contributed by atoms with Crippen LogP contribution >= 0.6 is 0 Å². The lowest BCUT2D eigenvalue weighted by molar-refractivity contribution is 0.222. The number of nitrogens with two attached hydrogens (primary N) is 1. The molecule has 2 heterocycles. The number of hydrogen-bond acceptors (Lipinski definition) is 5. The van der Waals surface area contributed by atoms with Gasteiger partial charge in [0, 0.05) is 0 Å². The van der Waals surface area contributed by atoms with Crippen molar-refractivity contribution in [3.63, 3.8) is 0 Å². The van der Waals surface area contributed by atoms with E-state index in [1.165, 1.54) is 6.42 Å². The molecule has 5 heteroatoms. The Morgan fingerprint density at radius 1 is 1.50 bits per heavy atom. The fourth-order valence-electron chi connectivity index (χ4n) is 2.72. The quantitative estimate of drug-likeness (QED) is 0.882. The molecule has 0 spiro atoms. The molecule has 2 aromatic rings. The van der Waals surface area contributed by atoms with Crippen molar-refractivity contribution in [1.82, 2.24) is 10.1 Å². The lowest BCUT2D eigenvalue weighted by atomic mass is 9.76. The molecule has 1 aliphatic rings. The van der Waals surface area contributed by atoms with E-state index in [1.54, 1.807) is 18.6 Å². The van der Waals surface area contributed by atoms with Gasteiger partial charge in [-0.05, 0) is 24.8 Å². The van der Waals surface area contributed by atoms with Crippen molar-refractivity contribution >= 4 is 0 Å². The van der Waals surface area contributed by atoms with E-state index < -0.39 is 5.54 Å². The number of aromatic nitrogens is 2. The van der Waals surface area contributed by atoms with E-state index in [0.717, 1.165) is 24.8 Å². The van der Waals surface area contributed by atoms with Crippen LogP contribution < -0.4 is 5.73 Å². The maximum atomic E-state index is 6.43. The van der Waals surface area contributed by atoms with Gasteiger partial charge in [0.1, 0.15) is 6.26 Å². The highest BCUT2D eigenvalue weighted by Crippen LogP contribution is 2.37. The molecule has 18 heavy (non-hydrogen) atoms. The lowest BCUT2D eigenvalue weighted by Gasteiger charge is -2.33. The first-order valence-electron chi connectivity index (χ1n) is 6.33. The lowest BCUT2D eigenvalue weighted by Crippen LogP contribution is -2.42. The maximum absolute atomic E-state index is 6.43. The average Bonchev–Trinajstić information content (AvgIpc) is 3.00. The third-order valence-corrected chi connectivity index (χ3v) is 3.67. The molecular weight excluding hydrogens is 230 g/mol. The van der Waals surface area contributed by atoms with E-state index in [4.69, 9.17) is 14.7 Å². The molecule has 1 saturated carbocycles. The van der Waals surface area contributed by atoms with Gasteiger partial charge in [-0.15, -0.1) is 0 Å². The van der Waals surface area contributed by atoms with Crippen LogP contribution in [-0.4, -0.2) is 10.1 Å². The molecule has 2 aromatic heterocycles. The highest BCUT2D eigenvalue weighted by molar-refractivity contribution is 5.49. The number of rotatable bonds is 2. The molecule has 5 nitrogen and oxygen atoms in total. The van der Waals surface area contributed by atoms with Crippen molar-refractivity contribution in [3.05, 3.63) is 24.4 Å². The molecule has 1 aliphatic carbocycles. The summed E-state index contributed by atoms with van der Waals surface area (Å²) in [6.07, 6.45) is 7.35. The van der Waals surface area contributed by atoms with Crippen molar-refractivity contribution in [2.45, 2.75) is 38.1 Å². The predicted molar refractivity (Wildman–Crippen MR) is 65.5 cm³/mol. The number of hydrogen-bond donors (Lipinski definition) is 1. The molecule has 0 bridgehead atoms. The third-order valence-electron chi connectivity index (χ3n) is 3.67. The van der Waals surface area contributed by atoms with E-state index in [2.05, 4.69) is 17.1 Å². The van der Waals surface area contributed by atoms with Crippen molar-refractivity contribution in [2.24, 2.45) is 11.7 Å². The van der Waals surface area contributed by atoms with Gasteiger partial charge < -0.3 is 14.7 Å². The topological polar surface area (TPSA) is 78.1 Å². The van der Waals surface area contributed by atoms with Crippen molar-refractivity contribution < 1.29 is 8.94 Å². The summed E-state index contributed by atoms with van der Waals surface area (Å²) in [5, 5.41) is 4.05. The van der Waals surface area contributed by atoms with Gasteiger partial charge in [-0.25, -0.2) is 0 Å². The van der Waals surface area contributed by atoms with E-state index in [0.29, 0.717) is 17.6 Å². The monoisotopic (exact) mass is 247 g/mol. The van der Waals surface area contributed by atoms with Gasteiger partial charge in [-0.1, -0.05) is 24.9 Å². The smallest absolute Gasteiger partial charge is 0.261 e. The molecule has 1 fully saturated rings. The van der Waals surface area contributed by atoms with Crippen LogP contribution in [0.3, 0.4) is 0 Å². The molecule has 0 amide bonds. The summed E-state index contributed by atoms with van der Waals surface area (Å²) >= 11 is 0. The molecule has 0 aliphatic heterocycles. The van der Waals surface area contributed by atoms with Crippen LogP contribution in [0, 0.1) is 5.92 Å². The maximum Gasteiger partial charge on any atom is 0.261 e. The Balaban J connectivity index is 1.88. The van der Waals surface area contributed by atoms with Crippen LogP contribution in [-0.2, 0) is 5.54 Å². The van der Waals surface area contributed by atoms with Gasteiger partial charge in [0.05, 0.1) is 17.4 Å². The fraction of sp³-hybridized carbons (Fsp3) is 0.538. The number of furan rings is 1. The molecule has 2 N–H and O–H groups in total. The van der Waals surface area contributed by atoms with Crippen molar-refractivity contribution in [2.75, 3.05) is 0 Å². The summed E-state index contributed by atoms with van der Waals surface area (Å²) in [6.45, 7) is 2.22. The molecule has 0 radical (unpaired) electrons. The van der Waals surface area contributed by atoms with Crippen molar-refractivity contribution in [1.29, 1.82) is 0 Å². The second kappa shape index (κ2) is 4.24. The SMILES string of the molecule is CC1CCCC(N)(c2noc(-c3ccoc3)n2)C1. The summed E-state index contributed by atoms with van der Waals surface area (Å²) in [6, 6.07) is 1.80. The first-order valence-corrected chi connectivity index (χ1v) is 6.33. The first-order chi connectivity index (χ1) is 8.67. The Hall–Kier alpha value is -1.62. The predicted octanol–water partition coefficient (Wildman–Crippen LogP) is 2.69. The second-order valence-corrected chi connectivity index (χ2v) is 5.29. The second-order valence-electron chi connectivity index (χ2n) is 5.29. The van der Waals surface area contributed by atoms with Gasteiger partial charge in [-0.2, -0.15) is 4.98 Å². The van der Waals surface area contributed by atoms with Crippen LogP contribution in [0.15, 0.2) is 27.5 Å². The summed E-state index contributed by atoms with van der Waals surface area (Å²) in [7, 11) is 0. The fourth-order valence-corrected chi connectivity index (χ4v) is 2.72. The summed E-state index contributed by atoms with van der Waals surface area (Å²) in [4.78, 5) is 4.42. The zero-order chi connectivity index (χ0) is 12.6. The third kappa shape index (κ3) is 1.95. The Bertz CT molecular complexity index is 520. The van der Waals surface area contributed by atoms with Crippen LogP contribution in [0.5, 0.6) is 0 Å². The zero-order valence-electron chi connectivity index (χ0n) is 10.4. The van der Waals surface area contributed by atoms with E-state index >= 15 is 0 Å². The highest BCUT2D eigenvalue weighted by Gasteiger charge is 2.37. The summed E-state index contributed by atoms with van der Waals surface area (Å²) in [5.74, 6) is 1.70. The van der Waals surface area contributed by atoms with Crippen molar-refractivity contribution in [3.8, 4) is 11.5 Å². The first kappa shape index (κ1) is 11.5. The Morgan fingerprint density at radius 2 is 2.39 bits per heavy atom. The standard InChI is InChI=1S/C13H17N3O2/c1-9-3-2-5-13(14,7-9)12-15-11(18-16-12)10-4-6-17-8-10/h4,6,8-9H,2-3,5,7,14H2,1H3. The molecule has 96 valence electrons. The molecule has 3 rings (SSSR count). The van der Waals surface area contributed by atoms with Crippen LogP contribution in [0.25, 0.3) is 11.5 Å². The van der Waals surface area contributed by atoms with Gasteiger partial charge >= 0.3 is 0 Å². The highest BCUT2D eigenvalue weighted by atomic mass is 16.5. The summed E-state index contributed by atoms with van der Waals surface area (Å²) < 4.78 is 10.3. The molecule has 2 unspecified atom stereocenters. The van der Waals surface area contributed by atoms with Gasteiger partial charge in [-0.3, -0.25) is 0 Å². The average molecular weight is 247 g/mol. The number of nitrogens with zero attached hydrogens (tertiary/aromatic N) is 2. The molecule has 2 atom stereocenters. The van der Waals surface area contributed by atoms with Gasteiger partial charge in [0.2, 0.25) is 0 Å². The molecular formula is C13H17N3O2. The minimum atomic E-state index is -0.441. The normalized spacial score (nSPS) is 28.4.